The molecule has 1 N–H and O–H groups in total. The Kier molecular flexibility index (Phi) is 3.74. The Bertz CT molecular complexity index is 523. The largest absolute Gasteiger partial charge is 0.472 e. The summed E-state index contributed by atoms with van der Waals surface area (Å²) in [5.74, 6) is 0. The first-order chi connectivity index (χ1) is 8.72. The molecule has 0 saturated carbocycles. The van der Waals surface area contributed by atoms with E-state index in [2.05, 4.69) is 5.32 Å². The molecule has 0 bridgehead atoms. The van der Waals surface area contributed by atoms with Crippen LogP contribution in [0.3, 0.4) is 0 Å². The van der Waals surface area contributed by atoms with Gasteiger partial charge in [0.15, 0.2) is 0 Å². The molecule has 0 amide bonds. The molecule has 0 fully saturated rings. The van der Waals surface area contributed by atoms with E-state index in [4.69, 9.17) is 4.42 Å². The van der Waals surface area contributed by atoms with Crippen molar-refractivity contribution in [1.29, 1.82) is 0 Å². The maximum absolute atomic E-state index is 10.9. The lowest BCUT2D eigenvalue weighted by molar-refractivity contribution is -0.385. The number of furan rings is 1. The van der Waals surface area contributed by atoms with Crippen LogP contribution in [0.15, 0.2) is 47.3 Å². The van der Waals surface area contributed by atoms with E-state index in [1.54, 1.807) is 24.7 Å². The number of nitrogens with one attached hydrogen (secondary N) is 1. The second-order valence-electron chi connectivity index (χ2n) is 3.99. The number of para-hydroxylation sites is 1. The van der Waals surface area contributed by atoms with Crippen molar-refractivity contribution in [3.63, 3.8) is 0 Å². The Labute approximate surface area is 105 Å². The topological polar surface area (TPSA) is 68.3 Å². The van der Waals surface area contributed by atoms with Gasteiger partial charge in [-0.05, 0) is 19.5 Å². The minimum Gasteiger partial charge on any atom is -0.472 e. The fourth-order valence-corrected chi connectivity index (χ4v) is 1.94. The van der Waals surface area contributed by atoms with Crippen LogP contribution < -0.4 is 5.32 Å². The van der Waals surface area contributed by atoms with Crippen molar-refractivity contribution < 1.29 is 9.34 Å². The minimum absolute atomic E-state index is 0.00449. The van der Waals surface area contributed by atoms with Crippen LogP contribution in [0.25, 0.3) is 0 Å². The summed E-state index contributed by atoms with van der Waals surface area (Å²) in [4.78, 5) is 10.6. The van der Waals surface area contributed by atoms with E-state index in [1.165, 1.54) is 6.07 Å². The SMILES string of the molecule is CNC(Cc1ccccc1[N+](=O)[O-])c1ccoc1. The van der Waals surface area contributed by atoms with Gasteiger partial charge in [-0.25, -0.2) is 0 Å². The number of nitrogens with zero attached hydrogens (tertiary/aromatic N) is 1. The zero-order valence-corrected chi connectivity index (χ0v) is 10.00. The van der Waals surface area contributed by atoms with Crippen molar-refractivity contribution in [2.45, 2.75) is 12.5 Å². The van der Waals surface area contributed by atoms with Gasteiger partial charge >= 0.3 is 0 Å². The minimum atomic E-state index is -0.350. The zero-order valence-electron chi connectivity index (χ0n) is 10.00. The predicted octanol–water partition coefficient (Wildman–Crippen LogP) is 2.69. The highest BCUT2D eigenvalue weighted by Gasteiger charge is 2.18. The Morgan fingerprint density at radius 3 is 2.78 bits per heavy atom. The van der Waals surface area contributed by atoms with Gasteiger partial charge in [0, 0.05) is 23.2 Å². The quantitative estimate of drug-likeness (QED) is 0.650. The molecule has 1 atom stereocenters. The van der Waals surface area contributed by atoms with E-state index < -0.39 is 0 Å². The Morgan fingerprint density at radius 2 is 2.17 bits per heavy atom. The van der Waals surface area contributed by atoms with E-state index >= 15 is 0 Å². The van der Waals surface area contributed by atoms with Gasteiger partial charge in [0.25, 0.3) is 5.69 Å². The number of nitro groups is 1. The highest BCUT2D eigenvalue weighted by atomic mass is 16.6. The van der Waals surface area contributed by atoms with Gasteiger partial charge in [-0.15, -0.1) is 0 Å². The van der Waals surface area contributed by atoms with Crippen LogP contribution in [0.5, 0.6) is 0 Å². The molecular weight excluding hydrogens is 232 g/mol. The molecule has 1 heterocycles. The van der Waals surface area contributed by atoms with Crippen LogP contribution in [0, 0.1) is 10.1 Å². The number of rotatable bonds is 5. The first kappa shape index (κ1) is 12.3. The standard InChI is InChI=1S/C13H14N2O3/c1-14-12(11-6-7-18-9-11)8-10-4-2-3-5-13(10)15(16)17/h2-7,9,12,14H,8H2,1H3. The molecule has 0 spiro atoms. The molecule has 0 aliphatic heterocycles. The van der Waals surface area contributed by atoms with E-state index in [1.807, 2.05) is 19.2 Å². The Morgan fingerprint density at radius 1 is 1.39 bits per heavy atom. The number of benzene rings is 1. The second-order valence-corrected chi connectivity index (χ2v) is 3.99. The second kappa shape index (κ2) is 5.46. The molecular formula is C13H14N2O3. The fraction of sp³-hybridized carbons (Fsp3) is 0.231. The molecule has 1 aromatic heterocycles. The Hall–Kier alpha value is -2.14. The van der Waals surface area contributed by atoms with Crippen LogP contribution in [-0.2, 0) is 6.42 Å². The van der Waals surface area contributed by atoms with Crippen molar-refractivity contribution in [2.24, 2.45) is 0 Å². The van der Waals surface area contributed by atoms with Gasteiger partial charge in [0.1, 0.15) is 0 Å². The van der Waals surface area contributed by atoms with E-state index in [0.717, 1.165) is 5.56 Å². The fourth-order valence-electron chi connectivity index (χ4n) is 1.94. The smallest absolute Gasteiger partial charge is 0.272 e. The summed E-state index contributed by atoms with van der Waals surface area (Å²) in [6.45, 7) is 0. The maximum Gasteiger partial charge on any atom is 0.272 e. The third-order valence-electron chi connectivity index (χ3n) is 2.91. The molecule has 5 heteroatoms. The van der Waals surface area contributed by atoms with Crippen LogP contribution in [0.1, 0.15) is 17.2 Å². The van der Waals surface area contributed by atoms with Crippen molar-refractivity contribution in [1.82, 2.24) is 5.32 Å². The van der Waals surface area contributed by atoms with E-state index in [-0.39, 0.29) is 16.7 Å². The Balaban J connectivity index is 2.25. The van der Waals surface area contributed by atoms with E-state index in [9.17, 15) is 10.1 Å². The summed E-state index contributed by atoms with van der Waals surface area (Å²) in [6, 6.07) is 8.65. The van der Waals surface area contributed by atoms with Gasteiger partial charge in [0.05, 0.1) is 17.4 Å². The van der Waals surface area contributed by atoms with Gasteiger partial charge in [-0.3, -0.25) is 10.1 Å². The van der Waals surface area contributed by atoms with Crippen molar-refractivity contribution >= 4 is 5.69 Å². The van der Waals surface area contributed by atoms with E-state index in [0.29, 0.717) is 12.0 Å². The molecule has 1 aromatic carbocycles. The summed E-state index contributed by atoms with van der Waals surface area (Å²) >= 11 is 0. The molecule has 0 radical (unpaired) electrons. The van der Waals surface area contributed by atoms with Crippen LogP contribution in [0.2, 0.25) is 0 Å². The molecule has 0 aliphatic carbocycles. The summed E-state index contributed by atoms with van der Waals surface area (Å²) in [6.07, 6.45) is 3.79. The number of likely N-dealkylation sites (N-methyl/N-ethyl adjacent to an activating group) is 1. The first-order valence-electron chi connectivity index (χ1n) is 5.64. The molecule has 0 saturated heterocycles. The van der Waals surface area contributed by atoms with Crippen molar-refractivity contribution in [3.8, 4) is 0 Å². The average Bonchev–Trinajstić information content (AvgIpc) is 2.90. The molecule has 5 nitrogen and oxygen atoms in total. The molecule has 2 rings (SSSR count). The van der Waals surface area contributed by atoms with Gasteiger partial charge in [-0.1, -0.05) is 18.2 Å². The normalized spacial score (nSPS) is 12.3. The van der Waals surface area contributed by atoms with Gasteiger partial charge in [-0.2, -0.15) is 0 Å². The van der Waals surface area contributed by atoms with Crippen LogP contribution in [-0.4, -0.2) is 12.0 Å². The monoisotopic (exact) mass is 246 g/mol. The predicted molar refractivity (Wildman–Crippen MR) is 67.3 cm³/mol. The molecule has 1 unspecified atom stereocenters. The maximum atomic E-state index is 10.9. The van der Waals surface area contributed by atoms with Gasteiger partial charge in [0.2, 0.25) is 0 Å². The zero-order chi connectivity index (χ0) is 13.0. The van der Waals surface area contributed by atoms with Crippen LogP contribution >= 0.6 is 0 Å². The highest BCUT2D eigenvalue weighted by molar-refractivity contribution is 5.40. The van der Waals surface area contributed by atoms with Gasteiger partial charge < -0.3 is 9.73 Å². The number of hydrogen-bond acceptors (Lipinski definition) is 4. The van der Waals surface area contributed by atoms with Crippen molar-refractivity contribution in [2.75, 3.05) is 7.05 Å². The lowest BCUT2D eigenvalue weighted by Gasteiger charge is -2.14. The average molecular weight is 246 g/mol. The molecule has 94 valence electrons. The summed E-state index contributed by atoms with van der Waals surface area (Å²) < 4.78 is 5.04. The third-order valence-corrected chi connectivity index (χ3v) is 2.91. The number of hydrogen-bond donors (Lipinski definition) is 1. The summed E-state index contributed by atoms with van der Waals surface area (Å²) in [5.41, 5.74) is 1.85. The molecule has 2 aromatic rings. The van der Waals surface area contributed by atoms with Crippen molar-refractivity contribution in [3.05, 3.63) is 64.1 Å². The molecule has 0 aliphatic rings. The first-order valence-corrected chi connectivity index (χ1v) is 5.64. The number of nitro benzene ring substituents is 1. The summed E-state index contributed by atoms with van der Waals surface area (Å²) in [7, 11) is 1.83. The lowest BCUT2D eigenvalue weighted by atomic mass is 10.00. The van der Waals surface area contributed by atoms with Crippen LogP contribution in [0.4, 0.5) is 5.69 Å². The molecule has 18 heavy (non-hydrogen) atoms. The highest BCUT2D eigenvalue weighted by Crippen LogP contribution is 2.24. The third kappa shape index (κ3) is 2.57. The lowest BCUT2D eigenvalue weighted by Crippen LogP contribution is -2.18. The summed E-state index contributed by atoms with van der Waals surface area (Å²) in [5, 5.41) is 14.1.